The molecule has 0 fully saturated rings. The van der Waals surface area contributed by atoms with Gasteiger partial charge in [-0.3, -0.25) is 0 Å². The number of benzene rings is 1. The summed E-state index contributed by atoms with van der Waals surface area (Å²) in [5, 5.41) is 3.35. The number of nitrogens with one attached hydrogen (secondary N) is 1. The highest BCUT2D eigenvalue weighted by atomic mass is 32.2. The molecule has 1 N–H and O–H groups in total. The Bertz CT molecular complexity index is 495. The van der Waals surface area contributed by atoms with Crippen LogP contribution >= 0.6 is 11.8 Å². The molecule has 2 rings (SSSR count). The van der Waals surface area contributed by atoms with Crippen LogP contribution in [0.4, 0.5) is 0 Å². The van der Waals surface area contributed by atoms with E-state index in [-0.39, 0.29) is 0 Å². The Kier molecular flexibility index (Phi) is 4.07. The van der Waals surface area contributed by atoms with Crippen molar-refractivity contribution >= 4 is 22.9 Å². The number of hydrogen-bond donors (Lipinski definition) is 1. The summed E-state index contributed by atoms with van der Waals surface area (Å²) in [6, 6.07) is 6.64. The molecular formula is C13H18N2OS. The van der Waals surface area contributed by atoms with Crippen LogP contribution < -0.4 is 5.32 Å². The third-order valence-electron chi connectivity index (χ3n) is 2.88. The molecule has 2 aromatic rings. The van der Waals surface area contributed by atoms with Crippen LogP contribution in [0.2, 0.25) is 0 Å². The van der Waals surface area contributed by atoms with Crippen LogP contribution in [0.15, 0.2) is 22.6 Å². The summed E-state index contributed by atoms with van der Waals surface area (Å²) in [5.41, 5.74) is 3.08. The van der Waals surface area contributed by atoms with E-state index in [1.165, 1.54) is 5.56 Å². The summed E-state index contributed by atoms with van der Waals surface area (Å²) >= 11 is 1.87. The van der Waals surface area contributed by atoms with Gasteiger partial charge in [0.05, 0.1) is 0 Å². The van der Waals surface area contributed by atoms with Gasteiger partial charge in [-0.25, -0.2) is 4.98 Å². The van der Waals surface area contributed by atoms with Crippen molar-refractivity contribution in [3.63, 3.8) is 0 Å². The zero-order valence-electron chi connectivity index (χ0n) is 10.5. The molecule has 0 bridgehead atoms. The molecule has 4 heteroatoms. The Hall–Kier alpha value is -1.00. The predicted molar refractivity (Wildman–Crippen MR) is 73.5 cm³/mol. The fourth-order valence-electron chi connectivity index (χ4n) is 1.99. The summed E-state index contributed by atoms with van der Waals surface area (Å²) in [7, 11) is 2.00. The van der Waals surface area contributed by atoms with E-state index in [0.717, 1.165) is 29.2 Å². The number of thioether (sulfide) groups is 1. The molecular weight excluding hydrogens is 232 g/mol. The lowest BCUT2D eigenvalue weighted by Crippen LogP contribution is -2.16. The lowest BCUT2D eigenvalue weighted by molar-refractivity contribution is 0.555. The zero-order valence-corrected chi connectivity index (χ0v) is 11.3. The van der Waals surface area contributed by atoms with Gasteiger partial charge in [-0.1, -0.05) is 6.07 Å². The molecule has 0 saturated carbocycles. The molecule has 1 heterocycles. The van der Waals surface area contributed by atoms with Gasteiger partial charge in [0.25, 0.3) is 0 Å². The van der Waals surface area contributed by atoms with Gasteiger partial charge in [-0.15, -0.1) is 0 Å². The number of aromatic nitrogens is 1. The van der Waals surface area contributed by atoms with E-state index in [1.807, 2.05) is 31.8 Å². The largest absolute Gasteiger partial charge is 0.441 e. The van der Waals surface area contributed by atoms with Crippen LogP contribution in [0, 0.1) is 6.92 Å². The van der Waals surface area contributed by atoms with Gasteiger partial charge >= 0.3 is 0 Å². The van der Waals surface area contributed by atoms with E-state index in [2.05, 4.69) is 28.7 Å². The van der Waals surface area contributed by atoms with Crippen molar-refractivity contribution in [1.82, 2.24) is 10.3 Å². The standard InChI is InChI=1S/C13H18N2OS/c1-9-15-12-5-4-10(8-13(12)16-9)11(14-2)6-7-17-3/h4-5,8,11,14H,6-7H2,1-3H3. The lowest BCUT2D eigenvalue weighted by Gasteiger charge is -2.15. The highest BCUT2D eigenvalue weighted by molar-refractivity contribution is 7.98. The van der Waals surface area contributed by atoms with Crippen molar-refractivity contribution < 1.29 is 4.42 Å². The fraction of sp³-hybridized carbons (Fsp3) is 0.462. The normalized spacial score (nSPS) is 13.1. The van der Waals surface area contributed by atoms with E-state index in [1.54, 1.807) is 0 Å². The summed E-state index contributed by atoms with van der Waals surface area (Å²) in [5.74, 6) is 1.88. The first-order chi connectivity index (χ1) is 8.24. The third-order valence-corrected chi connectivity index (χ3v) is 3.52. The number of rotatable bonds is 5. The van der Waals surface area contributed by atoms with E-state index < -0.39 is 0 Å². The van der Waals surface area contributed by atoms with E-state index >= 15 is 0 Å². The Labute approximate surface area is 106 Å². The molecule has 0 spiro atoms. The van der Waals surface area contributed by atoms with Gasteiger partial charge in [0, 0.05) is 13.0 Å². The maximum absolute atomic E-state index is 5.56. The summed E-state index contributed by atoms with van der Waals surface area (Å²) in [4.78, 5) is 4.31. The molecule has 1 unspecified atom stereocenters. The van der Waals surface area contributed by atoms with Gasteiger partial charge in [0.2, 0.25) is 0 Å². The topological polar surface area (TPSA) is 38.1 Å². The van der Waals surface area contributed by atoms with Gasteiger partial charge in [0.15, 0.2) is 11.5 Å². The van der Waals surface area contributed by atoms with Crippen molar-refractivity contribution in [3.8, 4) is 0 Å². The zero-order chi connectivity index (χ0) is 12.3. The lowest BCUT2D eigenvalue weighted by atomic mass is 10.0. The number of aryl methyl sites for hydroxylation is 1. The first-order valence-corrected chi connectivity index (χ1v) is 7.17. The number of oxazole rings is 1. The Morgan fingerprint density at radius 1 is 1.47 bits per heavy atom. The Morgan fingerprint density at radius 2 is 2.29 bits per heavy atom. The monoisotopic (exact) mass is 250 g/mol. The van der Waals surface area contributed by atoms with Crippen LogP contribution in [0.3, 0.4) is 0 Å². The van der Waals surface area contributed by atoms with Crippen LogP contribution in [-0.2, 0) is 0 Å². The molecule has 17 heavy (non-hydrogen) atoms. The second-order valence-corrected chi connectivity index (χ2v) is 5.07. The fourth-order valence-corrected chi connectivity index (χ4v) is 2.46. The minimum Gasteiger partial charge on any atom is -0.441 e. The first kappa shape index (κ1) is 12.5. The maximum Gasteiger partial charge on any atom is 0.192 e. The van der Waals surface area contributed by atoms with E-state index in [9.17, 15) is 0 Å². The molecule has 0 radical (unpaired) electrons. The average Bonchev–Trinajstić information content (AvgIpc) is 2.69. The van der Waals surface area contributed by atoms with Crippen molar-refractivity contribution in [2.24, 2.45) is 0 Å². The van der Waals surface area contributed by atoms with Gasteiger partial charge in [0.1, 0.15) is 5.52 Å². The maximum atomic E-state index is 5.56. The molecule has 92 valence electrons. The second kappa shape index (κ2) is 5.56. The van der Waals surface area contributed by atoms with Crippen molar-refractivity contribution in [3.05, 3.63) is 29.7 Å². The number of fused-ring (bicyclic) bond motifs is 1. The van der Waals surface area contributed by atoms with Gasteiger partial charge in [-0.2, -0.15) is 11.8 Å². The minimum atomic E-state index is 0.386. The second-order valence-electron chi connectivity index (χ2n) is 4.08. The molecule has 0 aliphatic carbocycles. The Morgan fingerprint density at radius 3 is 3.00 bits per heavy atom. The smallest absolute Gasteiger partial charge is 0.192 e. The highest BCUT2D eigenvalue weighted by Gasteiger charge is 2.11. The molecule has 3 nitrogen and oxygen atoms in total. The molecule has 1 aromatic heterocycles. The van der Waals surface area contributed by atoms with Crippen molar-refractivity contribution in [1.29, 1.82) is 0 Å². The predicted octanol–water partition coefficient (Wildman–Crippen LogP) is 3.15. The Balaban J connectivity index is 2.26. The SMILES string of the molecule is CNC(CCSC)c1ccc2nc(C)oc2c1. The van der Waals surface area contributed by atoms with Crippen LogP contribution in [0.25, 0.3) is 11.1 Å². The molecule has 1 atom stereocenters. The summed E-state index contributed by atoms with van der Waals surface area (Å²) in [6.07, 6.45) is 3.26. The quantitative estimate of drug-likeness (QED) is 0.884. The minimum absolute atomic E-state index is 0.386. The molecule has 1 aromatic carbocycles. The van der Waals surface area contributed by atoms with Crippen molar-refractivity contribution in [2.75, 3.05) is 19.1 Å². The summed E-state index contributed by atoms with van der Waals surface area (Å²) < 4.78 is 5.56. The summed E-state index contributed by atoms with van der Waals surface area (Å²) in [6.45, 7) is 1.88. The van der Waals surface area contributed by atoms with E-state index in [0.29, 0.717) is 6.04 Å². The highest BCUT2D eigenvalue weighted by Crippen LogP contribution is 2.23. The number of hydrogen-bond acceptors (Lipinski definition) is 4. The van der Waals surface area contributed by atoms with Crippen molar-refractivity contribution in [2.45, 2.75) is 19.4 Å². The molecule has 0 aliphatic rings. The molecule has 0 saturated heterocycles. The van der Waals surface area contributed by atoms with Gasteiger partial charge < -0.3 is 9.73 Å². The van der Waals surface area contributed by atoms with Crippen LogP contribution in [-0.4, -0.2) is 24.0 Å². The van der Waals surface area contributed by atoms with Crippen LogP contribution in [0.1, 0.15) is 23.9 Å². The average molecular weight is 250 g/mol. The van der Waals surface area contributed by atoms with E-state index in [4.69, 9.17) is 4.42 Å². The number of nitrogens with zero attached hydrogens (tertiary/aromatic N) is 1. The third kappa shape index (κ3) is 2.82. The molecule has 0 aliphatic heterocycles. The molecule has 0 amide bonds. The first-order valence-electron chi connectivity index (χ1n) is 5.78. The van der Waals surface area contributed by atoms with Crippen LogP contribution in [0.5, 0.6) is 0 Å². The van der Waals surface area contributed by atoms with Gasteiger partial charge in [-0.05, 0) is 43.2 Å².